The van der Waals surface area contributed by atoms with E-state index in [0.717, 1.165) is 33.1 Å². The molecule has 0 atom stereocenters. The Hall–Kier alpha value is -2.14. The van der Waals surface area contributed by atoms with Crippen LogP contribution in [0.15, 0.2) is 53.1 Å². The minimum Gasteiger partial charge on any atom is -0.294 e. The average molecular weight is 362 g/mol. The first-order valence-electron chi connectivity index (χ1n) is 6.55. The minimum absolute atomic E-state index is 0.119. The van der Waals surface area contributed by atoms with E-state index < -0.39 is 11.6 Å². The van der Waals surface area contributed by atoms with Crippen LogP contribution in [0.5, 0.6) is 0 Å². The first-order chi connectivity index (χ1) is 10.5. The molecule has 0 saturated carbocycles. The SMILES string of the molecule is O=C(Cc1ccc2ncc(Br)cc2c1)c1ccc(F)c(F)c1. The third-order valence-electron chi connectivity index (χ3n) is 3.32. The van der Waals surface area contributed by atoms with Crippen molar-refractivity contribution in [1.29, 1.82) is 0 Å². The highest BCUT2D eigenvalue weighted by Crippen LogP contribution is 2.20. The third-order valence-corrected chi connectivity index (χ3v) is 3.75. The summed E-state index contributed by atoms with van der Waals surface area (Å²) in [7, 11) is 0. The van der Waals surface area contributed by atoms with Crippen molar-refractivity contribution in [3.63, 3.8) is 0 Å². The Balaban J connectivity index is 1.88. The molecule has 3 aromatic rings. The van der Waals surface area contributed by atoms with Gasteiger partial charge in [-0.25, -0.2) is 8.78 Å². The minimum atomic E-state index is -1.02. The van der Waals surface area contributed by atoms with Gasteiger partial charge in [-0.1, -0.05) is 6.07 Å². The van der Waals surface area contributed by atoms with Crippen molar-refractivity contribution in [2.24, 2.45) is 0 Å². The summed E-state index contributed by atoms with van der Waals surface area (Å²) < 4.78 is 26.9. The number of carbonyl (C=O) groups is 1. The average Bonchev–Trinajstić information content (AvgIpc) is 2.49. The van der Waals surface area contributed by atoms with Gasteiger partial charge in [-0.05, 0) is 57.9 Å². The molecule has 0 unspecified atom stereocenters. The van der Waals surface area contributed by atoms with Crippen molar-refractivity contribution < 1.29 is 13.6 Å². The fraction of sp³-hybridized carbons (Fsp3) is 0.0588. The first kappa shape index (κ1) is 14.8. The van der Waals surface area contributed by atoms with Gasteiger partial charge in [0.15, 0.2) is 17.4 Å². The molecule has 0 fully saturated rings. The summed E-state index contributed by atoms with van der Waals surface area (Å²) in [6.07, 6.45) is 1.82. The van der Waals surface area contributed by atoms with Gasteiger partial charge in [-0.3, -0.25) is 9.78 Å². The van der Waals surface area contributed by atoms with E-state index in [1.807, 2.05) is 18.2 Å². The van der Waals surface area contributed by atoms with E-state index in [1.165, 1.54) is 6.07 Å². The van der Waals surface area contributed by atoms with Gasteiger partial charge in [0, 0.05) is 28.0 Å². The molecule has 3 rings (SSSR count). The lowest BCUT2D eigenvalue weighted by molar-refractivity contribution is 0.0992. The molecule has 22 heavy (non-hydrogen) atoms. The Labute approximate surface area is 133 Å². The van der Waals surface area contributed by atoms with Crippen LogP contribution < -0.4 is 0 Å². The van der Waals surface area contributed by atoms with E-state index in [0.29, 0.717) is 0 Å². The van der Waals surface area contributed by atoms with Crippen LogP contribution in [0.4, 0.5) is 8.78 Å². The highest BCUT2D eigenvalue weighted by molar-refractivity contribution is 9.10. The second-order valence-corrected chi connectivity index (χ2v) is 5.83. The van der Waals surface area contributed by atoms with E-state index in [9.17, 15) is 13.6 Å². The zero-order valence-electron chi connectivity index (χ0n) is 11.3. The number of hydrogen-bond donors (Lipinski definition) is 0. The highest BCUT2D eigenvalue weighted by Gasteiger charge is 2.11. The van der Waals surface area contributed by atoms with Gasteiger partial charge in [0.2, 0.25) is 0 Å². The van der Waals surface area contributed by atoms with Crippen LogP contribution in [-0.4, -0.2) is 10.8 Å². The highest BCUT2D eigenvalue weighted by atomic mass is 79.9. The zero-order valence-corrected chi connectivity index (χ0v) is 12.9. The van der Waals surface area contributed by atoms with Crippen LogP contribution in [0.25, 0.3) is 10.9 Å². The van der Waals surface area contributed by atoms with Crippen LogP contribution in [0, 0.1) is 11.6 Å². The fourth-order valence-corrected chi connectivity index (χ4v) is 2.57. The van der Waals surface area contributed by atoms with Crippen LogP contribution in [0.1, 0.15) is 15.9 Å². The molecule has 0 aliphatic heterocycles. The summed E-state index contributed by atoms with van der Waals surface area (Å²) in [6, 6.07) is 10.6. The number of rotatable bonds is 3. The standard InChI is InChI=1S/C17H10BrF2NO/c18-13-7-12-5-10(1-4-16(12)21-9-13)6-17(22)11-2-3-14(19)15(20)8-11/h1-5,7-9H,6H2. The molecule has 0 bridgehead atoms. The number of hydrogen-bond acceptors (Lipinski definition) is 2. The smallest absolute Gasteiger partial charge is 0.167 e. The van der Waals surface area contributed by atoms with Crippen molar-refractivity contribution in [1.82, 2.24) is 4.98 Å². The Morgan fingerprint density at radius 3 is 2.64 bits per heavy atom. The predicted octanol–water partition coefficient (Wildman–Crippen LogP) is 4.70. The van der Waals surface area contributed by atoms with Crippen molar-refractivity contribution in [3.05, 3.63) is 75.9 Å². The van der Waals surface area contributed by atoms with E-state index in [4.69, 9.17) is 0 Å². The van der Waals surface area contributed by atoms with Crippen molar-refractivity contribution in [2.75, 3.05) is 0 Å². The summed E-state index contributed by atoms with van der Waals surface area (Å²) in [5, 5.41) is 0.907. The number of Topliss-reactive ketones (excluding diaryl/α,β-unsaturated/α-hetero) is 1. The summed E-state index contributed by atoms with van der Waals surface area (Å²) in [6.45, 7) is 0. The van der Waals surface area contributed by atoms with Crippen molar-refractivity contribution in [2.45, 2.75) is 6.42 Å². The lowest BCUT2D eigenvalue weighted by Gasteiger charge is -2.04. The van der Waals surface area contributed by atoms with E-state index in [-0.39, 0.29) is 17.8 Å². The quantitative estimate of drug-likeness (QED) is 0.632. The Kier molecular flexibility index (Phi) is 3.98. The van der Waals surface area contributed by atoms with Crippen molar-refractivity contribution in [3.8, 4) is 0 Å². The van der Waals surface area contributed by atoms with Gasteiger partial charge in [0.1, 0.15) is 0 Å². The molecule has 110 valence electrons. The summed E-state index contributed by atoms with van der Waals surface area (Å²) >= 11 is 3.35. The molecule has 0 saturated heterocycles. The number of carbonyl (C=O) groups excluding carboxylic acids is 1. The molecular formula is C17H10BrF2NO. The first-order valence-corrected chi connectivity index (χ1v) is 7.35. The van der Waals surface area contributed by atoms with Gasteiger partial charge in [0.05, 0.1) is 5.52 Å². The van der Waals surface area contributed by atoms with Crippen LogP contribution in [-0.2, 0) is 6.42 Å². The molecule has 2 nitrogen and oxygen atoms in total. The molecule has 1 aromatic heterocycles. The van der Waals surface area contributed by atoms with Gasteiger partial charge >= 0.3 is 0 Å². The number of ketones is 1. The second-order valence-electron chi connectivity index (χ2n) is 4.91. The van der Waals surface area contributed by atoms with Gasteiger partial charge in [-0.2, -0.15) is 0 Å². The number of aromatic nitrogens is 1. The lowest BCUT2D eigenvalue weighted by atomic mass is 10.0. The zero-order chi connectivity index (χ0) is 15.7. The van der Waals surface area contributed by atoms with Gasteiger partial charge < -0.3 is 0 Å². The van der Waals surface area contributed by atoms with Gasteiger partial charge in [0.25, 0.3) is 0 Å². The number of benzene rings is 2. The predicted molar refractivity (Wildman–Crippen MR) is 83.8 cm³/mol. The Morgan fingerprint density at radius 1 is 1.05 bits per heavy atom. The summed E-state index contributed by atoms with van der Waals surface area (Å²) in [4.78, 5) is 16.4. The normalized spacial score (nSPS) is 10.9. The number of halogens is 3. The Bertz CT molecular complexity index is 880. The molecule has 2 aromatic carbocycles. The lowest BCUT2D eigenvalue weighted by Crippen LogP contribution is -2.04. The van der Waals surface area contributed by atoms with E-state index in [2.05, 4.69) is 20.9 Å². The summed E-state index contributed by atoms with van der Waals surface area (Å²) in [5.41, 5.74) is 1.78. The Morgan fingerprint density at radius 2 is 1.86 bits per heavy atom. The third kappa shape index (κ3) is 3.04. The maximum absolute atomic E-state index is 13.2. The van der Waals surface area contributed by atoms with E-state index >= 15 is 0 Å². The fourth-order valence-electron chi connectivity index (χ4n) is 2.22. The summed E-state index contributed by atoms with van der Waals surface area (Å²) in [5.74, 6) is -2.24. The van der Waals surface area contributed by atoms with Crippen LogP contribution in [0.2, 0.25) is 0 Å². The molecule has 5 heteroatoms. The van der Waals surface area contributed by atoms with E-state index in [1.54, 1.807) is 12.3 Å². The molecular weight excluding hydrogens is 352 g/mol. The van der Waals surface area contributed by atoms with Crippen molar-refractivity contribution >= 4 is 32.6 Å². The number of pyridine rings is 1. The molecule has 0 aliphatic carbocycles. The molecule has 0 N–H and O–H groups in total. The second kappa shape index (κ2) is 5.93. The topological polar surface area (TPSA) is 30.0 Å². The molecule has 0 amide bonds. The largest absolute Gasteiger partial charge is 0.294 e. The van der Waals surface area contributed by atoms with Gasteiger partial charge in [-0.15, -0.1) is 0 Å². The monoisotopic (exact) mass is 361 g/mol. The molecule has 0 spiro atoms. The molecule has 0 aliphatic rings. The molecule has 0 radical (unpaired) electrons. The maximum Gasteiger partial charge on any atom is 0.167 e. The number of nitrogens with zero attached hydrogens (tertiary/aromatic N) is 1. The van der Waals surface area contributed by atoms with Crippen LogP contribution >= 0.6 is 15.9 Å². The number of fused-ring (bicyclic) bond motifs is 1. The molecule has 1 heterocycles. The maximum atomic E-state index is 13.2. The van der Waals surface area contributed by atoms with Crippen LogP contribution in [0.3, 0.4) is 0 Å².